The molecule has 1 N–H and O–H groups in total. The Morgan fingerprint density at radius 1 is 1.62 bits per heavy atom. The number of carbonyl (C=O) groups excluding carboxylic acids is 1. The summed E-state index contributed by atoms with van der Waals surface area (Å²) in [6, 6.07) is 0. The fraction of sp³-hybridized carbons (Fsp3) is 0.111. The molecule has 0 aromatic heterocycles. The van der Waals surface area contributed by atoms with Gasteiger partial charge in [-0.15, -0.1) is 0 Å². The number of allylic oxidation sites excluding steroid dienone is 2. The summed E-state index contributed by atoms with van der Waals surface area (Å²) in [6.07, 6.45) is 7.29. The first-order valence-electron chi connectivity index (χ1n) is 3.88. The lowest BCUT2D eigenvalue weighted by Gasteiger charge is -2.26. The molecule has 2 aliphatic rings. The van der Waals surface area contributed by atoms with Gasteiger partial charge in [0.25, 0.3) is 0 Å². The SMILES string of the molecule is O=CC1=CN=C2C(O)=CC=CN2C1. The number of aliphatic hydroxyl groups is 1. The number of amidine groups is 1. The molecule has 2 heterocycles. The van der Waals surface area contributed by atoms with Gasteiger partial charge in [0.1, 0.15) is 6.29 Å². The van der Waals surface area contributed by atoms with E-state index in [1.807, 2.05) is 0 Å². The number of hydrogen-bond donors (Lipinski definition) is 1. The van der Waals surface area contributed by atoms with Crippen LogP contribution in [0, 0.1) is 0 Å². The Morgan fingerprint density at radius 3 is 3.23 bits per heavy atom. The Bertz CT molecular complexity index is 364. The average Bonchev–Trinajstić information content (AvgIpc) is 2.18. The van der Waals surface area contributed by atoms with Crippen LogP contribution in [0.15, 0.2) is 40.9 Å². The van der Waals surface area contributed by atoms with Crippen LogP contribution in [0.5, 0.6) is 0 Å². The van der Waals surface area contributed by atoms with Gasteiger partial charge in [0.05, 0.1) is 6.54 Å². The second-order valence-electron chi connectivity index (χ2n) is 2.80. The maximum atomic E-state index is 10.5. The van der Waals surface area contributed by atoms with Crippen LogP contribution in [0.2, 0.25) is 0 Å². The highest BCUT2D eigenvalue weighted by molar-refractivity contribution is 6.00. The van der Waals surface area contributed by atoms with Crippen LogP contribution in [0.25, 0.3) is 0 Å². The standard InChI is InChI=1S/C9H8N2O2/c12-6-7-4-10-9-8(13)2-1-3-11(9)5-7/h1-4,6,13H,5H2. The summed E-state index contributed by atoms with van der Waals surface area (Å²) in [5.74, 6) is 0.622. The monoisotopic (exact) mass is 176 g/mol. The zero-order valence-corrected chi connectivity index (χ0v) is 6.84. The number of aldehydes is 1. The average molecular weight is 176 g/mol. The van der Waals surface area contributed by atoms with Crippen LogP contribution in [0.4, 0.5) is 0 Å². The molecule has 0 aromatic rings. The number of aliphatic imine (C=N–C) groups is 1. The number of rotatable bonds is 1. The van der Waals surface area contributed by atoms with Crippen LogP contribution in [0.1, 0.15) is 0 Å². The Balaban J connectivity index is 2.37. The second kappa shape index (κ2) is 2.90. The minimum absolute atomic E-state index is 0.128. The molecule has 0 spiro atoms. The van der Waals surface area contributed by atoms with Crippen molar-refractivity contribution >= 4 is 12.1 Å². The number of hydrogen-bond acceptors (Lipinski definition) is 4. The predicted octanol–water partition coefficient (Wildman–Crippen LogP) is 0.752. The van der Waals surface area contributed by atoms with E-state index in [2.05, 4.69) is 4.99 Å². The van der Waals surface area contributed by atoms with Crippen molar-refractivity contribution < 1.29 is 9.90 Å². The molecule has 4 heteroatoms. The van der Waals surface area contributed by atoms with Crippen LogP contribution in [-0.2, 0) is 4.79 Å². The first-order chi connectivity index (χ1) is 6.31. The number of aliphatic hydroxyl groups excluding tert-OH is 1. The van der Waals surface area contributed by atoms with Crippen molar-refractivity contribution in [2.75, 3.05) is 6.54 Å². The first kappa shape index (κ1) is 7.79. The summed E-state index contributed by atoms with van der Waals surface area (Å²) < 4.78 is 0. The van der Waals surface area contributed by atoms with E-state index in [0.717, 1.165) is 6.29 Å². The molecule has 0 radical (unpaired) electrons. The highest BCUT2D eigenvalue weighted by Crippen LogP contribution is 2.14. The van der Waals surface area contributed by atoms with Gasteiger partial charge in [-0.25, -0.2) is 4.99 Å². The molecule has 0 amide bonds. The molecule has 0 saturated heterocycles. The number of carbonyl (C=O) groups is 1. The molecule has 0 saturated carbocycles. The molecule has 4 nitrogen and oxygen atoms in total. The summed E-state index contributed by atoms with van der Waals surface area (Å²) in [4.78, 5) is 16.1. The second-order valence-corrected chi connectivity index (χ2v) is 2.80. The summed E-state index contributed by atoms with van der Waals surface area (Å²) in [7, 11) is 0. The lowest BCUT2D eigenvalue weighted by atomic mass is 10.2. The van der Waals surface area contributed by atoms with Gasteiger partial charge in [0.2, 0.25) is 0 Å². The summed E-state index contributed by atoms with van der Waals surface area (Å²) in [6.45, 7) is 0.469. The molecule has 0 bridgehead atoms. The number of nitrogens with zero attached hydrogens (tertiary/aromatic N) is 2. The van der Waals surface area contributed by atoms with Crippen molar-refractivity contribution in [3.05, 3.63) is 35.9 Å². The molecule has 0 aromatic carbocycles. The fourth-order valence-electron chi connectivity index (χ4n) is 1.25. The third-order valence-corrected chi connectivity index (χ3v) is 1.88. The molecular weight excluding hydrogens is 168 g/mol. The zero-order valence-electron chi connectivity index (χ0n) is 6.84. The van der Waals surface area contributed by atoms with Crippen molar-refractivity contribution in [1.82, 2.24) is 4.90 Å². The Hall–Kier alpha value is -1.84. The molecule has 0 atom stereocenters. The van der Waals surface area contributed by atoms with Crippen LogP contribution < -0.4 is 0 Å². The molecule has 13 heavy (non-hydrogen) atoms. The third-order valence-electron chi connectivity index (χ3n) is 1.88. The van der Waals surface area contributed by atoms with Crippen LogP contribution in [-0.4, -0.2) is 28.7 Å². The maximum Gasteiger partial charge on any atom is 0.175 e. The quantitative estimate of drug-likeness (QED) is 0.600. The summed E-state index contributed by atoms with van der Waals surface area (Å²) >= 11 is 0. The minimum atomic E-state index is 0.128. The Morgan fingerprint density at radius 2 is 2.46 bits per heavy atom. The van der Waals surface area contributed by atoms with Gasteiger partial charge in [-0.2, -0.15) is 0 Å². The van der Waals surface area contributed by atoms with E-state index in [1.54, 1.807) is 23.3 Å². The van der Waals surface area contributed by atoms with E-state index in [9.17, 15) is 9.90 Å². The van der Waals surface area contributed by atoms with Gasteiger partial charge in [0.15, 0.2) is 11.6 Å². The van der Waals surface area contributed by atoms with Crippen molar-refractivity contribution in [3.63, 3.8) is 0 Å². The predicted molar refractivity (Wildman–Crippen MR) is 48.1 cm³/mol. The van der Waals surface area contributed by atoms with Crippen LogP contribution in [0.3, 0.4) is 0 Å². The highest BCUT2D eigenvalue weighted by Gasteiger charge is 2.19. The minimum Gasteiger partial charge on any atom is -0.504 e. The van der Waals surface area contributed by atoms with E-state index < -0.39 is 0 Å². The van der Waals surface area contributed by atoms with Crippen molar-refractivity contribution in [2.45, 2.75) is 0 Å². The van der Waals surface area contributed by atoms with E-state index in [1.165, 1.54) is 6.20 Å². The van der Waals surface area contributed by atoms with E-state index in [-0.39, 0.29) is 5.76 Å². The molecular formula is C9H8N2O2. The van der Waals surface area contributed by atoms with Gasteiger partial charge < -0.3 is 10.0 Å². The molecule has 2 rings (SSSR count). The molecule has 0 unspecified atom stereocenters. The molecule has 0 aliphatic carbocycles. The van der Waals surface area contributed by atoms with Crippen molar-refractivity contribution in [1.29, 1.82) is 0 Å². The van der Waals surface area contributed by atoms with Gasteiger partial charge in [-0.05, 0) is 12.2 Å². The third kappa shape index (κ3) is 1.26. The fourth-order valence-corrected chi connectivity index (χ4v) is 1.25. The number of fused-ring (bicyclic) bond motifs is 1. The summed E-state index contributed by atoms with van der Waals surface area (Å²) in [5, 5.41) is 9.38. The van der Waals surface area contributed by atoms with Crippen molar-refractivity contribution in [3.8, 4) is 0 Å². The zero-order chi connectivity index (χ0) is 9.26. The lowest BCUT2D eigenvalue weighted by Crippen LogP contribution is -2.33. The lowest BCUT2D eigenvalue weighted by molar-refractivity contribution is -0.105. The van der Waals surface area contributed by atoms with E-state index in [0.29, 0.717) is 18.0 Å². The highest BCUT2D eigenvalue weighted by atomic mass is 16.3. The maximum absolute atomic E-state index is 10.5. The Kier molecular flexibility index (Phi) is 1.73. The normalized spacial score (nSPS) is 20.0. The summed E-state index contributed by atoms with van der Waals surface area (Å²) in [5.41, 5.74) is 0.600. The first-order valence-corrected chi connectivity index (χ1v) is 3.88. The smallest absolute Gasteiger partial charge is 0.175 e. The van der Waals surface area contributed by atoms with E-state index >= 15 is 0 Å². The van der Waals surface area contributed by atoms with Gasteiger partial charge in [-0.1, -0.05) is 0 Å². The molecule has 2 aliphatic heterocycles. The molecule has 0 fully saturated rings. The van der Waals surface area contributed by atoms with Crippen LogP contribution >= 0.6 is 0 Å². The largest absolute Gasteiger partial charge is 0.504 e. The van der Waals surface area contributed by atoms with E-state index in [4.69, 9.17) is 0 Å². The van der Waals surface area contributed by atoms with Gasteiger partial charge in [0, 0.05) is 18.0 Å². The Labute approximate surface area is 75.2 Å². The molecule has 66 valence electrons. The van der Waals surface area contributed by atoms with Gasteiger partial charge >= 0.3 is 0 Å². The topological polar surface area (TPSA) is 52.9 Å². The van der Waals surface area contributed by atoms with Crippen molar-refractivity contribution in [2.24, 2.45) is 4.99 Å². The van der Waals surface area contributed by atoms with Gasteiger partial charge in [-0.3, -0.25) is 4.79 Å².